The van der Waals surface area contributed by atoms with E-state index >= 15 is 0 Å². The second-order valence-electron chi connectivity index (χ2n) is 7.51. The van der Waals surface area contributed by atoms with Gasteiger partial charge in [0.2, 0.25) is 14.4 Å². The van der Waals surface area contributed by atoms with Gasteiger partial charge in [0.05, 0.1) is 0 Å². The fourth-order valence-corrected chi connectivity index (χ4v) is 4.38. The van der Waals surface area contributed by atoms with Crippen molar-refractivity contribution in [1.29, 1.82) is 0 Å². The normalized spacial score (nSPS) is 12.8. The number of anilines is 1. The summed E-state index contributed by atoms with van der Waals surface area (Å²) in [6.45, 7) is 7.10. The minimum atomic E-state index is -3.64. The topological polar surface area (TPSA) is 161 Å². The van der Waals surface area contributed by atoms with Gasteiger partial charge in [-0.1, -0.05) is 25.6 Å². The first-order valence-corrected chi connectivity index (χ1v) is 13.3. The third-order valence-corrected chi connectivity index (χ3v) is 6.19. The van der Waals surface area contributed by atoms with Crippen molar-refractivity contribution in [2.24, 2.45) is 5.92 Å². The number of nitrogens with one attached hydrogen (secondary N) is 1. The van der Waals surface area contributed by atoms with Crippen LogP contribution in [0.15, 0.2) is 33.0 Å². The Morgan fingerprint density at radius 3 is 2.61 bits per heavy atom. The lowest BCUT2D eigenvalue weighted by molar-refractivity contribution is 0.174. The first-order valence-electron chi connectivity index (χ1n) is 9.89. The van der Waals surface area contributed by atoms with Crippen molar-refractivity contribution in [3.63, 3.8) is 0 Å². The van der Waals surface area contributed by atoms with Crippen LogP contribution in [0.25, 0.3) is 11.2 Å². The molecule has 0 saturated heterocycles. The zero-order valence-electron chi connectivity index (χ0n) is 18.1. The van der Waals surface area contributed by atoms with Gasteiger partial charge in [0.25, 0.3) is 0 Å². The van der Waals surface area contributed by atoms with Crippen LogP contribution in [0.3, 0.4) is 0 Å². The minimum Gasteiger partial charge on any atom is -0.454 e. The summed E-state index contributed by atoms with van der Waals surface area (Å²) in [5.74, 6) is 2.44. The highest BCUT2D eigenvalue weighted by molar-refractivity contribution is 9.10. The van der Waals surface area contributed by atoms with Crippen molar-refractivity contribution in [2.75, 3.05) is 25.6 Å². The number of halogens is 1. The summed E-state index contributed by atoms with van der Waals surface area (Å²) < 4.78 is 13.9. The van der Waals surface area contributed by atoms with Gasteiger partial charge in [-0.25, -0.2) is 15.0 Å². The molecule has 3 heterocycles. The van der Waals surface area contributed by atoms with Crippen LogP contribution in [0.4, 0.5) is 5.82 Å². The molecule has 0 spiro atoms. The lowest BCUT2D eigenvalue weighted by Gasteiger charge is -2.11. The van der Waals surface area contributed by atoms with E-state index in [2.05, 4.69) is 55.9 Å². The Labute approximate surface area is 203 Å². The van der Waals surface area contributed by atoms with Crippen LogP contribution < -0.4 is 20.5 Å². The number of rotatable bonds is 7. The minimum absolute atomic E-state index is 0.238. The second kappa shape index (κ2) is 11.0. The van der Waals surface area contributed by atoms with Crippen molar-refractivity contribution in [1.82, 2.24) is 24.8 Å². The van der Waals surface area contributed by atoms with Crippen LogP contribution in [-0.4, -0.2) is 60.4 Å². The molecule has 2 aromatic heterocycles. The van der Waals surface area contributed by atoms with E-state index in [-0.39, 0.29) is 6.79 Å². The van der Waals surface area contributed by atoms with Gasteiger partial charge in [0.15, 0.2) is 33.6 Å². The quantitative estimate of drug-likeness (QED) is 0.213. The van der Waals surface area contributed by atoms with Crippen LogP contribution in [0.5, 0.6) is 11.5 Å². The van der Waals surface area contributed by atoms with Crippen LogP contribution in [0.1, 0.15) is 13.8 Å². The first kappa shape index (κ1) is 25.8. The van der Waals surface area contributed by atoms with E-state index in [4.69, 9.17) is 34.9 Å². The van der Waals surface area contributed by atoms with Crippen LogP contribution in [0, 0.1) is 5.92 Å². The molecule has 1 aliphatic heterocycles. The molecule has 0 fully saturated rings. The van der Waals surface area contributed by atoms with Gasteiger partial charge in [0, 0.05) is 22.5 Å². The van der Waals surface area contributed by atoms with E-state index in [0.717, 1.165) is 51.3 Å². The van der Waals surface area contributed by atoms with E-state index in [1.165, 1.54) is 18.1 Å². The highest BCUT2D eigenvalue weighted by atomic mass is 79.9. The van der Waals surface area contributed by atoms with Crippen molar-refractivity contribution in [3.05, 3.63) is 22.9 Å². The summed E-state index contributed by atoms with van der Waals surface area (Å²) in [6.07, 6.45) is 4.02. The van der Waals surface area contributed by atoms with Crippen molar-refractivity contribution >= 4 is 58.5 Å². The van der Waals surface area contributed by atoms with Gasteiger partial charge in [0.1, 0.15) is 6.33 Å². The predicted octanol–water partition coefficient (Wildman–Crippen LogP) is 2.45. The molecule has 0 aliphatic carbocycles. The molecule has 14 heteroatoms. The lowest BCUT2D eigenvalue weighted by Crippen LogP contribution is -2.24. The van der Waals surface area contributed by atoms with Crippen LogP contribution in [-0.2, 0) is 6.54 Å². The maximum absolute atomic E-state index is 7.63. The maximum atomic E-state index is 7.63. The van der Waals surface area contributed by atoms with Gasteiger partial charge in [-0.05, 0) is 46.8 Å². The second-order valence-corrected chi connectivity index (χ2v) is 10.8. The number of ether oxygens (including phenoxy) is 2. The maximum Gasteiger partial charge on any atom is 0.242 e. The molecule has 4 rings (SSSR count). The van der Waals surface area contributed by atoms with E-state index in [9.17, 15) is 0 Å². The van der Waals surface area contributed by atoms with Crippen molar-refractivity contribution < 1.29 is 24.2 Å². The molecule has 0 amide bonds. The number of fused-ring (bicyclic) bond motifs is 2. The Morgan fingerprint density at radius 1 is 1.27 bits per heavy atom. The Hall–Kier alpha value is -1.86. The molecule has 33 heavy (non-hydrogen) atoms. The molecule has 0 unspecified atom stereocenters. The smallest absolute Gasteiger partial charge is 0.242 e. The van der Waals surface area contributed by atoms with Gasteiger partial charge in [-0.15, -0.1) is 0 Å². The summed E-state index contributed by atoms with van der Waals surface area (Å²) in [6, 6.07) is 3.86. The molecule has 0 saturated carbocycles. The van der Waals surface area contributed by atoms with Gasteiger partial charge < -0.3 is 39.8 Å². The molecule has 1 aromatic carbocycles. The number of hydrogen-bond donors (Lipinski definition) is 5. The number of benzene rings is 1. The largest absolute Gasteiger partial charge is 0.454 e. The SMILES string of the molecule is C=P(O)(O)O.CC(C)CNCCn1c(Sc2cc3c(cc2Br)OCO3)nc2c(N)ncnc21. The highest BCUT2D eigenvalue weighted by Crippen LogP contribution is 2.43. The number of nitrogen functional groups attached to an aromatic ring is 1. The third-order valence-electron chi connectivity index (χ3n) is 4.22. The molecular weight excluding hydrogens is 535 g/mol. The highest BCUT2D eigenvalue weighted by Gasteiger charge is 2.20. The Balaban J connectivity index is 0.000000555. The van der Waals surface area contributed by atoms with Crippen LogP contribution in [0.2, 0.25) is 0 Å². The summed E-state index contributed by atoms with van der Waals surface area (Å²) in [5, 5.41) is 4.26. The van der Waals surface area contributed by atoms with Crippen LogP contribution >= 0.6 is 35.3 Å². The molecule has 1 aliphatic rings. The average molecular weight is 561 g/mol. The van der Waals surface area contributed by atoms with Gasteiger partial charge in [-0.3, -0.25) is 0 Å². The van der Waals surface area contributed by atoms with E-state index < -0.39 is 7.57 Å². The lowest BCUT2D eigenvalue weighted by atomic mass is 10.2. The summed E-state index contributed by atoms with van der Waals surface area (Å²) >= 11 is 5.14. The van der Waals surface area contributed by atoms with E-state index in [0.29, 0.717) is 17.3 Å². The fourth-order valence-electron chi connectivity index (χ4n) is 2.87. The Bertz CT molecular complexity index is 1160. The molecule has 0 radical (unpaired) electrons. The van der Waals surface area contributed by atoms with E-state index in [1.54, 1.807) is 0 Å². The molecule has 0 bridgehead atoms. The fraction of sp³-hybridized carbons (Fsp3) is 0.368. The molecule has 3 aromatic rings. The van der Waals surface area contributed by atoms with Gasteiger partial charge >= 0.3 is 0 Å². The monoisotopic (exact) mass is 560 g/mol. The zero-order chi connectivity index (χ0) is 24.2. The van der Waals surface area contributed by atoms with Crippen molar-refractivity contribution in [2.45, 2.75) is 30.4 Å². The average Bonchev–Trinajstić information content (AvgIpc) is 3.29. The van der Waals surface area contributed by atoms with E-state index in [1.807, 2.05) is 12.1 Å². The summed E-state index contributed by atoms with van der Waals surface area (Å²) in [7, 11) is -3.64. The molecule has 0 atom stereocenters. The Kier molecular flexibility index (Phi) is 8.62. The number of imidazole rings is 1. The zero-order valence-corrected chi connectivity index (χ0v) is 21.4. The Morgan fingerprint density at radius 2 is 1.94 bits per heavy atom. The molecular formula is C19H26BrN6O5PS. The number of nitrogens with zero attached hydrogens (tertiary/aromatic N) is 4. The summed E-state index contributed by atoms with van der Waals surface area (Å²) in [4.78, 5) is 37.1. The molecule has 6 N–H and O–H groups in total. The van der Waals surface area contributed by atoms with Crippen molar-refractivity contribution in [3.8, 4) is 11.5 Å². The molecule has 180 valence electrons. The predicted molar refractivity (Wildman–Crippen MR) is 133 cm³/mol. The number of aromatic nitrogens is 4. The standard InChI is InChI=1S/C18H21BrN6O2S.CH5O3P/c1-10(2)7-21-3-4-25-17-15(16(20)22-8-23-17)24-18(25)28-14-6-13-12(5-11(14)19)26-9-27-13;1-5(2,3)4/h5-6,8,10,21H,3-4,7,9H2,1-2H3,(H2,20,22,23);2-4H,1H2. The first-order chi connectivity index (χ1) is 15.5. The summed E-state index contributed by atoms with van der Waals surface area (Å²) in [5.41, 5.74) is 7.38. The number of nitrogens with two attached hydrogens (primary N) is 1. The van der Waals surface area contributed by atoms with Gasteiger partial charge in [-0.2, -0.15) is 0 Å². The number of hydrogen-bond acceptors (Lipinski definition) is 11. The molecule has 11 nitrogen and oxygen atoms in total. The third kappa shape index (κ3) is 7.31.